The Balaban J connectivity index is 1.48. The molecule has 4 rings (SSSR count). The molecule has 3 aromatic rings. The van der Waals surface area contributed by atoms with Crippen LogP contribution in [0.15, 0.2) is 47.3 Å². The first-order valence-corrected chi connectivity index (χ1v) is 10.4. The summed E-state index contributed by atoms with van der Waals surface area (Å²) in [5.41, 5.74) is 1.11. The second-order valence-corrected chi connectivity index (χ2v) is 7.92. The van der Waals surface area contributed by atoms with Crippen LogP contribution < -0.4 is 25.8 Å². The van der Waals surface area contributed by atoms with Crippen LogP contribution in [0.3, 0.4) is 0 Å². The summed E-state index contributed by atoms with van der Waals surface area (Å²) in [5, 5.41) is 6.93. The molecule has 162 valence electrons. The maximum atomic E-state index is 12.7. The SMILES string of the molecule is CC(C)CCNc1nc(=O)n(CC(=O)NCc2ccc3c(c2)OCO3)c2ccccc12. The number of nitrogens with one attached hydrogen (secondary N) is 2. The lowest BCUT2D eigenvalue weighted by atomic mass is 10.1. The maximum absolute atomic E-state index is 12.7. The van der Waals surface area contributed by atoms with Crippen LogP contribution in [0.25, 0.3) is 10.9 Å². The zero-order chi connectivity index (χ0) is 21.8. The number of nitrogens with zero attached hydrogens (tertiary/aromatic N) is 2. The van der Waals surface area contributed by atoms with Crippen molar-refractivity contribution < 1.29 is 14.3 Å². The molecule has 0 radical (unpaired) electrons. The van der Waals surface area contributed by atoms with E-state index in [1.165, 1.54) is 4.57 Å². The summed E-state index contributed by atoms with van der Waals surface area (Å²) in [7, 11) is 0. The zero-order valence-electron chi connectivity index (χ0n) is 17.7. The lowest BCUT2D eigenvalue weighted by Gasteiger charge is -2.14. The topological polar surface area (TPSA) is 94.5 Å². The highest BCUT2D eigenvalue weighted by molar-refractivity contribution is 5.90. The number of rotatable bonds is 8. The van der Waals surface area contributed by atoms with Gasteiger partial charge in [-0.1, -0.05) is 32.0 Å². The number of para-hydroxylation sites is 1. The third-order valence-corrected chi connectivity index (χ3v) is 5.13. The maximum Gasteiger partial charge on any atom is 0.350 e. The van der Waals surface area contributed by atoms with Gasteiger partial charge in [0.2, 0.25) is 12.7 Å². The molecule has 1 aliphatic rings. The van der Waals surface area contributed by atoms with E-state index in [0.717, 1.165) is 23.9 Å². The first-order chi connectivity index (χ1) is 15.0. The second-order valence-electron chi connectivity index (χ2n) is 7.92. The van der Waals surface area contributed by atoms with Crippen LogP contribution in [0.2, 0.25) is 0 Å². The summed E-state index contributed by atoms with van der Waals surface area (Å²) in [4.78, 5) is 29.5. The van der Waals surface area contributed by atoms with Crippen molar-refractivity contribution in [2.45, 2.75) is 33.4 Å². The first kappa shape index (κ1) is 20.7. The van der Waals surface area contributed by atoms with E-state index in [9.17, 15) is 9.59 Å². The van der Waals surface area contributed by atoms with Gasteiger partial charge in [0.25, 0.3) is 0 Å². The molecule has 2 heterocycles. The molecule has 1 aromatic heterocycles. The lowest BCUT2D eigenvalue weighted by molar-refractivity contribution is -0.121. The fraction of sp³-hybridized carbons (Fsp3) is 0.348. The predicted molar refractivity (Wildman–Crippen MR) is 118 cm³/mol. The number of hydrogen-bond donors (Lipinski definition) is 2. The van der Waals surface area contributed by atoms with E-state index in [1.807, 2.05) is 42.5 Å². The fourth-order valence-corrected chi connectivity index (χ4v) is 3.45. The summed E-state index contributed by atoms with van der Waals surface area (Å²) < 4.78 is 12.1. The van der Waals surface area contributed by atoms with Gasteiger partial charge in [-0.05, 0) is 42.2 Å². The average molecular weight is 422 g/mol. The smallest absolute Gasteiger partial charge is 0.350 e. The van der Waals surface area contributed by atoms with Crippen molar-refractivity contribution in [2.24, 2.45) is 5.92 Å². The summed E-state index contributed by atoms with van der Waals surface area (Å²) in [6.45, 7) is 5.44. The van der Waals surface area contributed by atoms with Gasteiger partial charge in [-0.3, -0.25) is 9.36 Å². The van der Waals surface area contributed by atoms with E-state index >= 15 is 0 Å². The van der Waals surface area contributed by atoms with Crippen LogP contribution in [0, 0.1) is 5.92 Å². The molecule has 0 bridgehead atoms. The van der Waals surface area contributed by atoms with Crippen LogP contribution in [-0.4, -0.2) is 28.8 Å². The third kappa shape index (κ3) is 4.79. The highest BCUT2D eigenvalue weighted by Crippen LogP contribution is 2.32. The number of fused-ring (bicyclic) bond motifs is 2. The van der Waals surface area contributed by atoms with Crippen molar-refractivity contribution in [2.75, 3.05) is 18.7 Å². The van der Waals surface area contributed by atoms with Crippen molar-refractivity contribution in [1.29, 1.82) is 0 Å². The second kappa shape index (κ2) is 9.07. The molecule has 0 unspecified atom stereocenters. The minimum absolute atomic E-state index is 0.108. The summed E-state index contributed by atoms with van der Waals surface area (Å²) in [5.74, 6) is 2.19. The van der Waals surface area contributed by atoms with Gasteiger partial charge in [0.15, 0.2) is 11.5 Å². The predicted octanol–water partition coefficient (Wildman–Crippen LogP) is 2.90. The lowest BCUT2D eigenvalue weighted by Crippen LogP contribution is -2.33. The van der Waals surface area contributed by atoms with Gasteiger partial charge in [-0.2, -0.15) is 4.98 Å². The molecule has 1 amide bonds. The molecule has 8 heteroatoms. The van der Waals surface area contributed by atoms with E-state index < -0.39 is 5.69 Å². The first-order valence-electron chi connectivity index (χ1n) is 10.4. The summed E-state index contributed by atoms with van der Waals surface area (Å²) in [6, 6.07) is 13.0. The van der Waals surface area contributed by atoms with Crippen molar-refractivity contribution in [3.8, 4) is 11.5 Å². The van der Waals surface area contributed by atoms with Gasteiger partial charge >= 0.3 is 5.69 Å². The number of benzene rings is 2. The fourth-order valence-electron chi connectivity index (χ4n) is 3.45. The number of hydrogen-bond acceptors (Lipinski definition) is 6. The monoisotopic (exact) mass is 422 g/mol. The minimum Gasteiger partial charge on any atom is -0.454 e. The van der Waals surface area contributed by atoms with E-state index in [0.29, 0.717) is 35.3 Å². The van der Waals surface area contributed by atoms with Crippen molar-refractivity contribution in [1.82, 2.24) is 14.9 Å². The molecule has 0 aliphatic carbocycles. The molecule has 0 saturated heterocycles. The molecule has 0 atom stereocenters. The molecule has 2 aromatic carbocycles. The highest BCUT2D eigenvalue weighted by Gasteiger charge is 2.15. The summed E-state index contributed by atoms with van der Waals surface area (Å²) >= 11 is 0. The molecule has 0 fully saturated rings. The molecule has 31 heavy (non-hydrogen) atoms. The van der Waals surface area contributed by atoms with Gasteiger partial charge < -0.3 is 20.1 Å². The Hall–Kier alpha value is -3.55. The molecule has 8 nitrogen and oxygen atoms in total. The van der Waals surface area contributed by atoms with Crippen molar-refractivity contribution in [3.05, 3.63) is 58.5 Å². The molecule has 1 aliphatic heterocycles. The van der Waals surface area contributed by atoms with E-state index in [2.05, 4.69) is 29.5 Å². The Morgan fingerprint density at radius 2 is 1.97 bits per heavy atom. The molecule has 0 spiro atoms. The number of ether oxygens (including phenoxy) is 2. The van der Waals surface area contributed by atoms with Crippen molar-refractivity contribution >= 4 is 22.6 Å². The average Bonchev–Trinajstić information content (AvgIpc) is 3.22. The minimum atomic E-state index is -0.455. The number of anilines is 1. The number of amides is 1. The van der Waals surface area contributed by atoms with Crippen molar-refractivity contribution in [3.63, 3.8) is 0 Å². The van der Waals surface area contributed by atoms with Crippen LogP contribution in [0.1, 0.15) is 25.8 Å². The van der Waals surface area contributed by atoms with Crippen LogP contribution in [-0.2, 0) is 17.9 Å². The number of carbonyl (C=O) groups is 1. The molecular weight excluding hydrogens is 396 g/mol. The highest BCUT2D eigenvalue weighted by atomic mass is 16.7. The number of carbonyl (C=O) groups excluding carboxylic acids is 1. The van der Waals surface area contributed by atoms with Gasteiger partial charge in [-0.15, -0.1) is 0 Å². The normalized spacial score (nSPS) is 12.4. The Labute approximate surface area is 180 Å². The van der Waals surface area contributed by atoms with E-state index in [-0.39, 0.29) is 19.2 Å². The Bertz CT molecular complexity index is 1160. The summed E-state index contributed by atoms with van der Waals surface area (Å²) in [6.07, 6.45) is 0.974. The van der Waals surface area contributed by atoms with Crippen LogP contribution in [0.4, 0.5) is 5.82 Å². The van der Waals surface area contributed by atoms with E-state index in [1.54, 1.807) is 0 Å². The standard InChI is InChI=1S/C23H26N4O4/c1-15(2)9-10-24-22-17-5-3-4-6-18(17)27(23(29)26-22)13-21(28)25-12-16-7-8-19-20(11-16)31-14-30-19/h3-8,11,15H,9-10,12-14H2,1-2H3,(H,25,28)(H,24,26,29). The molecule has 0 saturated carbocycles. The molecular formula is C23H26N4O4. The van der Waals surface area contributed by atoms with E-state index in [4.69, 9.17) is 9.47 Å². The largest absolute Gasteiger partial charge is 0.454 e. The van der Waals surface area contributed by atoms with Gasteiger partial charge in [-0.25, -0.2) is 4.79 Å². The van der Waals surface area contributed by atoms with Gasteiger partial charge in [0.1, 0.15) is 12.4 Å². The van der Waals surface area contributed by atoms with Gasteiger partial charge in [0.05, 0.1) is 5.52 Å². The molecule has 2 N–H and O–H groups in total. The number of aromatic nitrogens is 2. The van der Waals surface area contributed by atoms with Crippen LogP contribution in [0.5, 0.6) is 11.5 Å². The third-order valence-electron chi connectivity index (χ3n) is 5.13. The van der Waals surface area contributed by atoms with Crippen LogP contribution >= 0.6 is 0 Å². The quantitative estimate of drug-likeness (QED) is 0.580. The Kier molecular flexibility index (Phi) is 6.06. The van der Waals surface area contributed by atoms with Gasteiger partial charge in [0, 0.05) is 18.5 Å². The Morgan fingerprint density at radius 1 is 1.16 bits per heavy atom. The zero-order valence-corrected chi connectivity index (χ0v) is 17.7. The Morgan fingerprint density at radius 3 is 2.81 bits per heavy atom.